The first kappa shape index (κ1) is 12.1. The molecule has 92 valence electrons. The van der Waals surface area contributed by atoms with Gasteiger partial charge in [-0.1, -0.05) is 30.3 Å². The van der Waals surface area contributed by atoms with Gasteiger partial charge in [-0.15, -0.1) is 0 Å². The lowest BCUT2D eigenvalue weighted by Crippen LogP contribution is -2.30. The van der Waals surface area contributed by atoms with Crippen molar-refractivity contribution < 1.29 is 9.59 Å². The molecule has 5 heteroatoms. The monoisotopic (exact) mass is 243 g/mol. The third kappa shape index (κ3) is 2.46. The molecule has 1 heterocycles. The summed E-state index contributed by atoms with van der Waals surface area (Å²) in [5.74, 6) is -0.508. The maximum Gasteiger partial charge on any atom is 0.252 e. The summed E-state index contributed by atoms with van der Waals surface area (Å²) in [6, 6.07) is 12.2. The molecule has 0 saturated heterocycles. The minimum atomic E-state index is -0.353. The highest BCUT2D eigenvalue weighted by molar-refractivity contribution is 6.08. The molecule has 18 heavy (non-hydrogen) atoms. The summed E-state index contributed by atoms with van der Waals surface area (Å²) < 4.78 is 1.38. The normalized spacial score (nSPS) is 10.1. The molecule has 0 aliphatic rings. The molecule has 0 bridgehead atoms. The number of nitrogens with one attached hydrogen (secondary N) is 1. The largest absolute Gasteiger partial charge is 0.322 e. The summed E-state index contributed by atoms with van der Waals surface area (Å²) in [7, 11) is 0. The van der Waals surface area contributed by atoms with Crippen molar-refractivity contribution in [2.75, 3.05) is 12.0 Å². The van der Waals surface area contributed by atoms with E-state index in [4.69, 9.17) is 5.73 Å². The SMILES string of the molecule is NCC(=O)Nn1cccc1C(=O)c1ccccc1. The number of nitrogens with zero attached hydrogens (tertiary/aromatic N) is 1. The molecule has 0 atom stereocenters. The first-order valence-electron chi connectivity index (χ1n) is 5.49. The Kier molecular flexibility index (Phi) is 3.54. The van der Waals surface area contributed by atoms with Crippen LogP contribution in [-0.4, -0.2) is 22.9 Å². The van der Waals surface area contributed by atoms with Crippen molar-refractivity contribution in [1.82, 2.24) is 4.68 Å². The number of hydrogen-bond donors (Lipinski definition) is 2. The number of amides is 1. The zero-order valence-corrected chi connectivity index (χ0v) is 9.67. The summed E-state index contributed by atoms with van der Waals surface area (Å²) in [5, 5.41) is 0. The van der Waals surface area contributed by atoms with Crippen LogP contribution in [0.3, 0.4) is 0 Å². The number of carbonyl (C=O) groups is 2. The third-order valence-electron chi connectivity index (χ3n) is 2.45. The van der Waals surface area contributed by atoms with Crippen LogP contribution in [-0.2, 0) is 4.79 Å². The average molecular weight is 243 g/mol. The van der Waals surface area contributed by atoms with Crippen LogP contribution in [0.1, 0.15) is 16.1 Å². The molecule has 2 aromatic rings. The number of benzene rings is 1. The average Bonchev–Trinajstić information content (AvgIpc) is 2.86. The number of carbonyl (C=O) groups excluding carboxylic acids is 2. The molecule has 0 aliphatic heterocycles. The number of aromatic nitrogens is 1. The molecule has 2 rings (SSSR count). The summed E-state index contributed by atoms with van der Waals surface area (Å²) in [6.07, 6.45) is 1.60. The van der Waals surface area contributed by atoms with Gasteiger partial charge in [0.25, 0.3) is 5.91 Å². The predicted molar refractivity (Wildman–Crippen MR) is 67.7 cm³/mol. The van der Waals surface area contributed by atoms with Crippen molar-refractivity contribution in [2.24, 2.45) is 5.73 Å². The fourth-order valence-corrected chi connectivity index (χ4v) is 1.58. The maximum atomic E-state index is 12.2. The van der Waals surface area contributed by atoms with E-state index in [1.54, 1.807) is 42.6 Å². The first-order valence-corrected chi connectivity index (χ1v) is 5.49. The Morgan fingerprint density at radius 3 is 2.50 bits per heavy atom. The molecule has 0 spiro atoms. The van der Waals surface area contributed by atoms with Crippen molar-refractivity contribution in [3.63, 3.8) is 0 Å². The van der Waals surface area contributed by atoms with E-state index in [1.165, 1.54) is 4.68 Å². The standard InChI is InChI=1S/C13H13N3O2/c14-9-12(17)15-16-8-4-7-11(16)13(18)10-5-2-1-3-6-10/h1-8H,9,14H2,(H,15,17). The molecule has 0 saturated carbocycles. The number of nitrogens with two attached hydrogens (primary N) is 1. The van der Waals surface area contributed by atoms with Crippen molar-refractivity contribution in [3.05, 3.63) is 59.9 Å². The van der Waals surface area contributed by atoms with Crippen LogP contribution in [0.5, 0.6) is 0 Å². The zero-order chi connectivity index (χ0) is 13.0. The minimum Gasteiger partial charge on any atom is -0.322 e. The molecule has 0 fully saturated rings. The van der Waals surface area contributed by atoms with Gasteiger partial charge < -0.3 is 5.73 Å². The second-order valence-corrected chi connectivity index (χ2v) is 3.70. The van der Waals surface area contributed by atoms with Crippen molar-refractivity contribution in [1.29, 1.82) is 0 Å². The predicted octanol–water partition coefficient (Wildman–Crippen LogP) is 0.748. The summed E-state index contributed by atoms with van der Waals surface area (Å²) in [5.41, 5.74) is 8.70. The quantitative estimate of drug-likeness (QED) is 0.778. The van der Waals surface area contributed by atoms with Gasteiger partial charge in [-0.2, -0.15) is 0 Å². The highest BCUT2D eigenvalue weighted by Gasteiger charge is 2.13. The van der Waals surface area contributed by atoms with Crippen LogP contribution in [0.4, 0.5) is 0 Å². The molecule has 0 unspecified atom stereocenters. The van der Waals surface area contributed by atoms with Gasteiger partial charge in [0.05, 0.1) is 6.54 Å². The molecule has 0 radical (unpaired) electrons. The van der Waals surface area contributed by atoms with E-state index in [-0.39, 0.29) is 18.2 Å². The van der Waals surface area contributed by atoms with Crippen LogP contribution in [0.25, 0.3) is 0 Å². The Labute approximate surface area is 104 Å². The second-order valence-electron chi connectivity index (χ2n) is 3.70. The van der Waals surface area contributed by atoms with Crippen LogP contribution in [0, 0.1) is 0 Å². The number of rotatable bonds is 4. The first-order chi connectivity index (χ1) is 8.72. The number of hydrogen-bond acceptors (Lipinski definition) is 3. The van der Waals surface area contributed by atoms with Crippen molar-refractivity contribution in [2.45, 2.75) is 0 Å². The molecule has 1 aromatic heterocycles. The smallest absolute Gasteiger partial charge is 0.252 e. The van der Waals surface area contributed by atoms with E-state index >= 15 is 0 Å². The van der Waals surface area contributed by atoms with Gasteiger partial charge in [0.15, 0.2) is 0 Å². The van der Waals surface area contributed by atoms with E-state index in [0.717, 1.165) is 0 Å². The molecule has 1 aromatic carbocycles. The van der Waals surface area contributed by atoms with Gasteiger partial charge >= 0.3 is 0 Å². The van der Waals surface area contributed by atoms with Gasteiger partial charge in [0, 0.05) is 11.8 Å². The summed E-state index contributed by atoms with van der Waals surface area (Å²) in [4.78, 5) is 23.4. The van der Waals surface area contributed by atoms with Gasteiger partial charge in [0.1, 0.15) is 5.69 Å². The fourth-order valence-electron chi connectivity index (χ4n) is 1.58. The molecule has 0 aliphatic carbocycles. The number of ketones is 1. The second kappa shape index (κ2) is 5.29. The topological polar surface area (TPSA) is 77.1 Å². The van der Waals surface area contributed by atoms with E-state index in [0.29, 0.717) is 11.3 Å². The van der Waals surface area contributed by atoms with Crippen molar-refractivity contribution >= 4 is 11.7 Å². The molecule has 3 N–H and O–H groups in total. The van der Waals surface area contributed by atoms with Crippen LogP contribution in [0.15, 0.2) is 48.7 Å². The lowest BCUT2D eigenvalue weighted by atomic mass is 10.1. The molecule has 5 nitrogen and oxygen atoms in total. The summed E-state index contributed by atoms with van der Waals surface area (Å²) >= 11 is 0. The highest BCUT2D eigenvalue weighted by Crippen LogP contribution is 2.09. The Morgan fingerprint density at radius 2 is 1.83 bits per heavy atom. The van der Waals surface area contributed by atoms with Gasteiger partial charge in [0.2, 0.25) is 5.78 Å². The van der Waals surface area contributed by atoms with E-state index in [2.05, 4.69) is 5.43 Å². The minimum absolute atomic E-state index is 0.128. The van der Waals surface area contributed by atoms with E-state index < -0.39 is 0 Å². The Bertz CT molecular complexity index is 561. The Hall–Kier alpha value is -2.40. The van der Waals surface area contributed by atoms with Crippen LogP contribution in [0.2, 0.25) is 0 Å². The lowest BCUT2D eigenvalue weighted by Gasteiger charge is -2.09. The van der Waals surface area contributed by atoms with E-state index in [9.17, 15) is 9.59 Å². The summed E-state index contributed by atoms with van der Waals surface area (Å²) in [6.45, 7) is -0.128. The van der Waals surface area contributed by atoms with Gasteiger partial charge in [-0.25, -0.2) is 0 Å². The lowest BCUT2D eigenvalue weighted by molar-refractivity contribution is -0.115. The van der Waals surface area contributed by atoms with Crippen molar-refractivity contribution in [3.8, 4) is 0 Å². The van der Waals surface area contributed by atoms with Gasteiger partial charge in [-0.3, -0.25) is 19.7 Å². The Morgan fingerprint density at radius 1 is 1.11 bits per heavy atom. The van der Waals surface area contributed by atoms with E-state index in [1.807, 2.05) is 6.07 Å². The molecule has 1 amide bonds. The molecular formula is C13H13N3O2. The Balaban J connectivity index is 2.27. The van der Waals surface area contributed by atoms with Crippen LogP contribution >= 0.6 is 0 Å². The maximum absolute atomic E-state index is 12.2. The zero-order valence-electron chi connectivity index (χ0n) is 9.67. The highest BCUT2D eigenvalue weighted by atomic mass is 16.2. The van der Waals surface area contributed by atoms with Crippen LogP contribution < -0.4 is 11.2 Å². The molecular weight excluding hydrogens is 230 g/mol. The third-order valence-corrected chi connectivity index (χ3v) is 2.45. The fraction of sp³-hybridized carbons (Fsp3) is 0.0769. The van der Waals surface area contributed by atoms with Gasteiger partial charge in [-0.05, 0) is 12.1 Å².